The Kier molecular flexibility index (Phi) is 6.83. The molecule has 0 spiro atoms. The van der Waals surface area contributed by atoms with Gasteiger partial charge in [0, 0.05) is 23.6 Å². The molecule has 0 saturated heterocycles. The predicted octanol–water partition coefficient (Wildman–Crippen LogP) is 5.67. The van der Waals surface area contributed by atoms with E-state index >= 15 is 0 Å². The molecule has 30 heavy (non-hydrogen) atoms. The van der Waals surface area contributed by atoms with Crippen LogP contribution < -0.4 is 10.1 Å². The zero-order chi connectivity index (χ0) is 21.8. The topological polar surface area (TPSA) is 90.8 Å². The molecule has 1 heterocycles. The van der Waals surface area contributed by atoms with E-state index in [2.05, 4.69) is 15.3 Å². The number of hydrogen-bond donors (Lipinski definition) is 2. The number of aromatic amines is 1. The van der Waals surface area contributed by atoms with Gasteiger partial charge in [0.05, 0.1) is 16.7 Å². The lowest BCUT2D eigenvalue weighted by molar-refractivity contribution is 0.0946. The van der Waals surface area contributed by atoms with Crippen LogP contribution in [0, 0.1) is 17.1 Å². The molecule has 6 nitrogen and oxygen atoms in total. The molecule has 0 saturated carbocycles. The summed E-state index contributed by atoms with van der Waals surface area (Å²) >= 11 is 18.0. The minimum Gasteiger partial charge on any atom is -0.453 e. The number of rotatable bonds is 6. The third-order valence-corrected chi connectivity index (χ3v) is 4.85. The number of aromatic nitrogens is 2. The van der Waals surface area contributed by atoms with Crippen molar-refractivity contribution in [2.75, 3.05) is 0 Å². The van der Waals surface area contributed by atoms with Crippen LogP contribution in [0.15, 0.2) is 30.3 Å². The molecule has 3 aromatic rings. The van der Waals surface area contributed by atoms with Gasteiger partial charge in [-0.1, -0.05) is 47.8 Å². The van der Waals surface area contributed by atoms with Crippen molar-refractivity contribution >= 4 is 40.7 Å². The van der Waals surface area contributed by atoms with Gasteiger partial charge in [-0.25, -0.2) is 9.37 Å². The summed E-state index contributed by atoms with van der Waals surface area (Å²) in [6.07, 6.45) is 0.580. The van der Waals surface area contributed by atoms with Crippen LogP contribution in [0.1, 0.15) is 34.4 Å². The molecule has 0 radical (unpaired) electrons. The number of H-pyrrole nitrogens is 1. The lowest BCUT2D eigenvalue weighted by atomic mass is 10.2. The summed E-state index contributed by atoms with van der Waals surface area (Å²) in [7, 11) is 0. The van der Waals surface area contributed by atoms with E-state index in [-0.39, 0.29) is 50.1 Å². The third-order valence-electron chi connectivity index (χ3n) is 4.06. The highest BCUT2D eigenvalue weighted by molar-refractivity contribution is 6.32. The molecular weight excluding hydrogens is 454 g/mol. The monoisotopic (exact) mass is 466 g/mol. The number of hydrogen-bond acceptors (Lipinski definition) is 4. The molecule has 2 N–H and O–H groups in total. The molecule has 1 aromatic heterocycles. The summed E-state index contributed by atoms with van der Waals surface area (Å²) in [5, 5.41) is 11.9. The smallest absolute Gasteiger partial charge is 0.271 e. The SMILES string of the molecule is CCc1nc(Cl)c(C(=O)NCc2ccc(Cl)c(Oc3cc(Cl)cc(C#N)c3)c2F)[nH]1. The number of benzene rings is 2. The fourth-order valence-electron chi connectivity index (χ4n) is 2.59. The second kappa shape index (κ2) is 9.35. The van der Waals surface area contributed by atoms with Crippen LogP contribution in [0.25, 0.3) is 0 Å². The maximum Gasteiger partial charge on any atom is 0.271 e. The van der Waals surface area contributed by atoms with Gasteiger partial charge in [-0.15, -0.1) is 0 Å². The van der Waals surface area contributed by atoms with Crippen molar-refractivity contribution in [1.29, 1.82) is 5.26 Å². The molecule has 0 fully saturated rings. The lowest BCUT2D eigenvalue weighted by Gasteiger charge is -2.13. The summed E-state index contributed by atoms with van der Waals surface area (Å²) in [6, 6.07) is 9.08. The van der Waals surface area contributed by atoms with Gasteiger partial charge in [-0.05, 0) is 24.3 Å². The highest BCUT2D eigenvalue weighted by atomic mass is 35.5. The Morgan fingerprint density at radius 1 is 1.30 bits per heavy atom. The van der Waals surface area contributed by atoms with Gasteiger partial charge in [0.25, 0.3) is 5.91 Å². The van der Waals surface area contributed by atoms with Crippen LogP contribution in [0.4, 0.5) is 4.39 Å². The minimum absolute atomic E-state index is 0.0188. The number of nitrogens with zero attached hydrogens (tertiary/aromatic N) is 2. The minimum atomic E-state index is -0.758. The first kappa shape index (κ1) is 21.9. The Hall–Kier alpha value is -2.79. The van der Waals surface area contributed by atoms with E-state index in [0.29, 0.717) is 12.2 Å². The van der Waals surface area contributed by atoms with Gasteiger partial charge >= 0.3 is 0 Å². The summed E-state index contributed by atoms with van der Waals surface area (Å²) in [4.78, 5) is 19.2. The Morgan fingerprint density at radius 2 is 2.07 bits per heavy atom. The van der Waals surface area contributed by atoms with Crippen molar-refractivity contribution in [3.05, 3.63) is 74.0 Å². The molecule has 0 atom stereocenters. The summed E-state index contributed by atoms with van der Waals surface area (Å²) in [5.41, 5.74) is 0.485. The molecule has 154 valence electrons. The van der Waals surface area contributed by atoms with E-state index in [1.807, 2.05) is 13.0 Å². The Balaban J connectivity index is 1.81. The molecule has 1 amide bonds. The third kappa shape index (κ3) is 4.85. The number of nitriles is 1. The fourth-order valence-corrected chi connectivity index (χ4v) is 3.23. The molecule has 10 heteroatoms. The largest absolute Gasteiger partial charge is 0.453 e. The van der Waals surface area contributed by atoms with Crippen LogP contribution in [0.2, 0.25) is 15.2 Å². The van der Waals surface area contributed by atoms with Gasteiger partial charge in [0.1, 0.15) is 17.3 Å². The predicted molar refractivity (Wildman–Crippen MR) is 112 cm³/mol. The normalized spacial score (nSPS) is 10.5. The Morgan fingerprint density at radius 3 is 2.73 bits per heavy atom. The number of nitrogens with one attached hydrogen (secondary N) is 2. The van der Waals surface area contributed by atoms with Gasteiger partial charge in [0.2, 0.25) is 0 Å². The summed E-state index contributed by atoms with van der Waals surface area (Å²) < 4.78 is 20.5. The standard InChI is InChI=1S/C20H14Cl3FN4O2/c1-2-15-27-17(19(23)28-15)20(29)26-9-11-3-4-14(22)18(16(11)24)30-13-6-10(8-25)5-12(21)7-13/h3-7H,2,9H2,1H3,(H,26,29)(H,27,28). The van der Waals surface area contributed by atoms with Crippen molar-refractivity contribution in [2.45, 2.75) is 19.9 Å². The molecular formula is C20H14Cl3FN4O2. The fraction of sp³-hybridized carbons (Fsp3) is 0.150. The molecule has 3 rings (SSSR count). The quantitative estimate of drug-likeness (QED) is 0.489. The van der Waals surface area contributed by atoms with Crippen molar-refractivity contribution < 1.29 is 13.9 Å². The zero-order valence-corrected chi connectivity index (χ0v) is 17.8. The van der Waals surface area contributed by atoms with E-state index in [1.165, 1.54) is 30.3 Å². The van der Waals surface area contributed by atoms with Crippen LogP contribution in [-0.4, -0.2) is 15.9 Å². The Labute approximate surface area is 186 Å². The van der Waals surface area contributed by atoms with Gasteiger partial charge in [0.15, 0.2) is 16.7 Å². The number of halogens is 4. The first-order valence-electron chi connectivity index (χ1n) is 8.70. The molecule has 0 unspecified atom stereocenters. The summed E-state index contributed by atoms with van der Waals surface area (Å²) in [5.74, 6) is -0.819. The molecule has 0 aliphatic carbocycles. The average Bonchev–Trinajstić information content (AvgIpc) is 3.10. The zero-order valence-electron chi connectivity index (χ0n) is 15.5. The van der Waals surface area contributed by atoms with E-state index in [0.717, 1.165) is 0 Å². The number of imidazole rings is 1. The van der Waals surface area contributed by atoms with Crippen molar-refractivity contribution in [3.63, 3.8) is 0 Å². The van der Waals surface area contributed by atoms with Crippen LogP contribution in [0.3, 0.4) is 0 Å². The van der Waals surface area contributed by atoms with E-state index < -0.39 is 11.7 Å². The van der Waals surface area contributed by atoms with Crippen LogP contribution >= 0.6 is 34.8 Å². The maximum atomic E-state index is 15.0. The van der Waals surface area contributed by atoms with Crippen molar-refractivity contribution in [2.24, 2.45) is 0 Å². The number of carbonyl (C=O) groups is 1. The number of amides is 1. The first-order chi connectivity index (χ1) is 14.3. The summed E-state index contributed by atoms with van der Waals surface area (Å²) in [6.45, 7) is 1.72. The highest BCUT2D eigenvalue weighted by Gasteiger charge is 2.19. The Bertz CT molecular complexity index is 1160. The van der Waals surface area contributed by atoms with Crippen LogP contribution in [0.5, 0.6) is 11.5 Å². The maximum absolute atomic E-state index is 15.0. The molecule has 0 aliphatic rings. The van der Waals surface area contributed by atoms with Gasteiger partial charge < -0.3 is 15.0 Å². The molecule has 0 aliphatic heterocycles. The van der Waals surface area contributed by atoms with Crippen LogP contribution in [-0.2, 0) is 13.0 Å². The van der Waals surface area contributed by atoms with Crippen molar-refractivity contribution in [3.8, 4) is 17.6 Å². The molecule has 0 bridgehead atoms. The van der Waals surface area contributed by atoms with E-state index in [9.17, 15) is 9.18 Å². The van der Waals surface area contributed by atoms with E-state index in [4.69, 9.17) is 44.8 Å². The highest BCUT2D eigenvalue weighted by Crippen LogP contribution is 2.35. The van der Waals surface area contributed by atoms with Gasteiger partial charge in [-0.2, -0.15) is 5.26 Å². The second-order valence-electron chi connectivity index (χ2n) is 6.12. The van der Waals surface area contributed by atoms with Gasteiger partial charge in [-0.3, -0.25) is 4.79 Å². The number of aryl methyl sites for hydroxylation is 1. The molecule has 2 aromatic carbocycles. The first-order valence-corrected chi connectivity index (χ1v) is 9.83. The van der Waals surface area contributed by atoms with Crippen molar-refractivity contribution in [1.82, 2.24) is 15.3 Å². The second-order valence-corrected chi connectivity index (χ2v) is 7.33. The van der Waals surface area contributed by atoms with E-state index in [1.54, 1.807) is 0 Å². The average molecular weight is 468 g/mol. The number of ether oxygens (including phenoxy) is 1. The lowest BCUT2D eigenvalue weighted by Crippen LogP contribution is -2.24. The number of carbonyl (C=O) groups excluding carboxylic acids is 1.